The number of aromatic nitrogens is 2. The zero-order valence-electron chi connectivity index (χ0n) is 17.1. The second-order valence-corrected chi connectivity index (χ2v) is 8.47. The lowest BCUT2D eigenvalue weighted by molar-refractivity contribution is -0.127. The van der Waals surface area contributed by atoms with E-state index < -0.39 is 17.2 Å². The fourth-order valence-electron chi connectivity index (χ4n) is 4.92. The summed E-state index contributed by atoms with van der Waals surface area (Å²) in [5.74, 6) is -1.48. The molecule has 2 aromatic carbocycles. The lowest BCUT2D eigenvalue weighted by Gasteiger charge is -2.40. The quantitative estimate of drug-likeness (QED) is 0.690. The molecular weight excluding hydrogens is 397 g/mol. The van der Waals surface area contributed by atoms with Gasteiger partial charge in [0.15, 0.2) is 0 Å². The van der Waals surface area contributed by atoms with Gasteiger partial charge in [0.2, 0.25) is 5.91 Å². The maximum atomic E-state index is 14.1. The van der Waals surface area contributed by atoms with Crippen LogP contribution in [0.1, 0.15) is 40.4 Å². The van der Waals surface area contributed by atoms with Crippen molar-refractivity contribution in [3.63, 3.8) is 0 Å². The summed E-state index contributed by atoms with van der Waals surface area (Å²) in [5, 5.41) is 13.7. The molecule has 1 spiro atoms. The molecule has 3 aromatic rings. The number of amides is 1. The van der Waals surface area contributed by atoms with E-state index in [9.17, 15) is 19.1 Å². The number of anilines is 2. The summed E-state index contributed by atoms with van der Waals surface area (Å²) in [4.78, 5) is 26.9. The molecule has 0 saturated carbocycles. The molecule has 31 heavy (non-hydrogen) atoms. The van der Waals surface area contributed by atoms with E-state index >= 15 is 0 Å². The highest BCUT2D eigenvalue weighted by molar-refractivity contribution is 6.07. The van der Waals surface area contributed by atoms with Gasteiger partial charge in [0.1, 0.15) is 5.82 Å². The number of aryl methyl sites for hydroxylation is 1. The summed E-state index contributed by atoms with van der Waals surface area (Å²) in [6.45, 7) is 2.78. The van der Waals surface area contributed by atoms with Gasteiger partial charge in [-0.25, -0.2) is 9.18 Å². The fraction of sp³-hybridized carbons (Fsp3) is 0.292. The number of carbonyl (C=O) groups is 2. The van der Waals surface area contributed by atoms with Crippen LogP contribution in [0.5, 0.6) is 0 Å². The van der Waals surface area contributed by atoms with Crippen LogP contribution in [0.2, 0.25) is 0 Å². The predicted molar refractivity (Wildman–Crippen MR) is 113 cm³/mol. The number of carbonyl (C=O) groups excluding carboxylic acids is 1. The van der Waals surface area contributed by atoms with Gasteiger partial charge in [0.25, 0.3) is 0 Å². The SMILES string of the molecule is CCCn1cc(N2C(=O)C3(Cc4ccc(C(=O)O)cc4C3)Cc3ccc(F)cc32)cn1. The van der Waals surface area contributed by atoms with Crippen molar-refractivity contribution in [3.05, 3.63) is 76.9 Å². The van der Waals surface area contributed by atoms with Gasteiger partial charge in [-0.3, -0.25) is 14.4 Å². The molecule has 2 aliphatic rings. The van der Waals surface area contributed by atoms with Gasteiger partial charge in [0, 0.05) is 12.7 Å². The van der Waals surface area contributed by atoms with Crippen LogP contribution >= 0.6 is 0 Å². The summed E-state index contributed by atoms with van der Waals surface area (Å²) >= 11 is 0. The first-order valence-electron chi connectivity index (χ1n) is 10.4. The molecule has 0 radical (unpaired) electrons. The molecule has 1 aliphatic heterocycles. The molecule has 1 aliphatic carbocycles. The van der Waals surface area contributed by atoms with Gasteiger partial charge in [-0.05, 0) is 66.6 Å². The van der Waals surface area contributed by atoms with Crippen LogP contribution in [-0.4, -0.2) is 26.8 Å². The monoisotopic (exact) mass is 419 g/mol. The molecule has 5 rings (SSSR count). The zero-order valence-corrected chi connectivity index (χ0v) is 17.1. The van der Waals surface area contributed by atoms with Crippen molar-refractivity contribution in [1.82, 2.24) is 9.78 Å². The first-order chi connectivity index (χ1) is 14.9. The molecule has 1 unspecified atom stereocenters. The lowest BCUT2D eigenvalue weighted by atomic mass is 9.74. The second-order valence-electron chi connectivity index (χ2n) is 8.47. The average molecular weight is 419 g/mol. The molecule has 2 heterocycles. The van der Waals surface area contributed by atoms with E-state index in [0.29, 0.717) is 30.6 Å². The third kappa shape index (κ3) is 3.12. The van der Waals surface area contributed by atoms with Gasteiger partial charge < -0.3 is 5.11 Å². The highest BCUT2D eigenvalue weighted by atomic mass is 19.1. The number of halogens is 1. The van der Waals surface area contributed by atoms with E-state index in [-0.39, 0.29) is 11.5 Å². The van der Waals surface area contributed by atoms with E-state index in [1.165, 1.54) is 12.1 Å². The molecule has 158 valence electrons. The third-order valence-corrected chi connectivity index (χ3v) is 6.32. The van der Waals surface area contributed by atoms with E-state index in [4.69, 9.17) is 0 Å². The molecule has 6 nitrogen and oxygen atoms in total. The number of hydrogen-bond donors (Lipinski definition) is 1. The highest BCUT2D eigenvalue weighted by Crippen LogP contribution is 2.49. The van der Waals surface area contributed by atoms with Crippen molar-refractivity contribution in [2.45, 2.75) is 39.2 Å². The maximum absolute atomic E-state index is 14.1. The van der Waals surface area contributed by atoms with Gasteiger partial charge in [-0.15, -0.1) is 0 Å². The fourth-order valence-corrected chi connectivity index (χ4v) is 4.92. The van der Waals surface area contributed by atoms with E-state index in [2.05, 4.69) is 5.10 Å². The Balaban J connectivity index is 1.60. The topological polar surface area (TPSA) is 75.4 Å². The zero-order chi connectivity index (χ0) is 21.8. The van der Waals surface area contributed by atoms with Crippen LogP contribution in [0.25, 0.3) is 0 Å². The molecule has 7 heteroatoms. The van der Waals surface area contributed by atoms with Crippen molar-refractivity contribution in [2.24, 2.45) is 5.41 Å². The molecule has 1 amide bonds. The van der Waals surface area contributed by atoms with Crippen LogP contribution < -0.4 is 4.90 Å². The summed E-state index contributed by atoms with van der Waals surface area (Å²) in [6, 6.07) is 9.64. The molecule has 1 aromatic heterocycles. The Bertz CT molecular complexity index is 1220. The molecule has 0 saturated heterocycles. The molecular formula is C24H22FN3O3. The molecule has 1 N–H and O–H groups in total. The van der Waals surface area contributed by atoms with Crippen LogP contribution in [0.4, 0.5) is 15.8 Å². The largest absolute Gasteiger partial charge is 0.478 e. The number of hydrogen-bond acceptors (Lipinski definition) is 3. The van der Waals surface area contributed by atoms with Crippen LogP contribution in [-0.2, 0) is 30.6 Å². The first-order valence-corrected chi connectivity index (χ1v) is 10.4. The van der Waals surface area contributed by atoms with Gasteiger partial charge in [-0.2, -0.15) is 5.10 Å². The number of rotatable bonds is 4. The number of benzene rings is 2. The smallest absolute Gasteiger partial charge is 0.335 e. The predicted octanol–water partition coefficient (Wildman–Crippen LogP) is 4.14. The van der Waals surface area contributed by atoms with E-state index in [1.54, 1.807) is 34.0 Å². The van der Waals surface area contributed by atoms with Crippen molar-refractivity contribution in [2.75, 3.05) is 4.90 Å². The Labute approximate surface area is 178 Å². The van der Waals surface area contributed by atoms with Crippen LogP contribution in [0, 0.1) is 11.2 Å². The van der Waals surface area contributed by atoms with Crippen molar-refractivity contribution in [3.8, 4) is 0 Å². The number of nitrogens with zero attached hydrogens (tertiary/aromatic N) is 3. The second kappa shape index (κ2) is 7.04. The summed E-state index contributed by atoms with van der Waals surface area (Å²) < 4.78 is 15.9. The van der Waals surface area contributed by atoms with Gasteiger partial charge in [0.05, 0.1) is 28.6 Å². The van der Waals surface area contributed by atoms with Gasteiger partial charge >= 0.3 is 5.97 Å². The van der Waals surface area contributed by atoms with Crippen molar-refractivity contribution in [1.29, 1.82) is 0 Å². The Kier molecular flexibility index (Phi) is 4.43. The highest BCUT2D eigenvalue weighted by Gasteiger charge is 2.50. The Hall–Kier alpha value is -3.48. The van der Waals surface area contributed by atoms with Crippen molar-refractivity contribution >= 4 is 23.3 Å². The van der Waals surface area contributed by atoms with Gasteiger partial charge in [-0.1, -0.05) is 19.1 Å². The number of fused-ring (bicyclic) bond motifs is 2. The minimum Gasteiger partial charge on any atom is -0.478 e. The van der Waals surface area contributed by atoms with E-state index in [0.717, 1.165) is 29.7 Å². The minimum atomic E-state index is -0.982. The summed E-state index contributed by atoms with van der Waals surface area (Å²) in [6.07, 6.45) is 5.84. The number of carboxylic acids is 1. The Morgan fingerprint density at radius 3 is 2.65 bits per heavy atom. The maximum Gasteiger partial charge on any atom is 0.335 e. The lowest BCUT2D eigenvalue weighted by Crippen LogP contribution is -2.47. The summed E-state index contributed by atoms with van der Waals surface area (Å²) in [5.41, 5.74) is 3.44. The normalized spacial score (nSPS) is 19.5. The third-order valence-electron chi connectivity index (χ3n) is 6.32. The number of carboxylic acid groups (broad SMARTS) is 1. The first kappa shape index (κ1) is 19.5. The molecule has 0 fully saturated rings. The Morgan fingerprint density at radius 2 is 1.87 bits per heavy atom. The minimum absolute atomic E-state index is 0.102. The van der Waals surface area contributed by atoms with Crippen molar-refractivity contribution < 1.29 is 19.1 Å². The summed E-state index contributed by atoms with van der Waals surface area (Å²) in [7, 11) is 0. The standard InChI is InChI=1S/C24H22FN3O3/c1-2-7-27-14-20(13-26-27)28-21-9-19(25)6-5-17(21)11-24(23(28)31)10-16-4-3-15(22(29)30)8-18(16)12-24/h3-6,8-9,13-14H,2,7,10-12H2,1H3,(H,29,30). The van der Waals surface area contributed by atoms with E-state index in [1.807, 2.05) is 19.2 Å². The molecule has 1 atom stereocenters. The Morgan fingerprint density at radius 1 is 1.13 bits per heavy atom. The molecule has 0 bridgehead atoms. The number of aromatic carboxylic acids is 1. The van der Waals surface area contributed by atoms with Crippen LogP contribution in [0.3, 0.4) is 0 Å². The van der Waals surface area contributed by atoms with Crippen LogP contribution in [0.15, 0.2) is 48.8 Å². The average Bonchev–Trinajstić information content (AvgIpc) is 3.34.